The van der Waals surface area contributed by atoms with E-state index in [4.69, 9.17) is 29.2 Å². The first-order valence-corrected chi connectivity index (χ1v) is 9.25. The molecule has 2 unspecified atom stereocenters. The third kappa shape index (κ3) is 12.2. The van der Waals surface area contributed by atoms with Gasteiger partial charge in [-0.15, -0.1) is 0 Å². The van der Waals surface area contributed by atoms with Gasteiger partial charge in [-0.05, 0) is 24.3 Å². The molecule has 2 saturated heterocycles. The molecular weight excluding hydrogens is 392 g/mol. The largest absolute Gasteiger partial charge is 0.508 e. The maximum Gasteiger partial charge on any atom is 0.331 e. The molecule has 0 bridgehead atoms. The van der Waals surface area contributed by atoms with Crippen molar-refractivity contribution in [2.24, 2.45) is 0 Å². The maximum atomic E-state index is 11.0. The van der Waals surface area contributed by atoms with Gasteiger partial charge in [-0.1, -0.05) is 36.4 Å². The molecule has 4 rings (SSSR count). The van der Waals surface area contributed by atoms with Gasteiger partial charge in [0.15, 0.2) is 0 Å². The van der Waals surface area contributed by atoms with Crippen LogP contribution in [0.2, 0.25) is 0 Å². The SMILES string of the molecule is O=C(/C=C/C(=O)OCC1CO1)OCC1CO1.Oc1ccccc1.Oc1ccccc1. The number of benzene rings is 2. The zero-order valence-electron chi connectivity index (χ0n) is 16.3. The molecule has 0 aromatic heterocycles. The fourth-order valence-corrected chi connectivity index (χ4v) is 1.77. The minimum Gasteiger partial charge on any atom is -0.508 e. The first kappa shape index (κ1) is 22.9. The number of epoxide rings is 2. The number of esters is 2. The predicted octanol–water partition coefficient (Wildman–Crippen LogP) is 2.21. The minimum absolute atomic E-state index is 0.0244. The zero-order chi connectivity index (χ0) is 21.6. The minimum atomic E-state index is -0.574. The zero-order valence-corrected chi connectivity index (χ0v) is 16.3. The molecule has 2 fully saturated rings. The molecule has 160 valence electrons. The molecule has 0 saturated carbocycles. The summed E-state index contributed by atoms with van der Waals surface area (Å²) < 4.78 is 19.2. The third-order valence-corrected chi connectivity index (χ3v) is 3.50. The number of rotatable bonds is 6. The Morgan fingerprint density at radius 3 is 1.33 bits per heavy atom. The van der Waals surface area contributed by atoms with E-state index in [0.29, 0.717) is 24.7 Å². The van der Waals surface area contributed by atoms with Gasteiger partial charge in [0, 0.05) is 12.2 Å². The van der Waals surface area contributed by atoms with Crippen molar-refractivity contribution >= 4 is 11.9 Å². The van der Waals surface area contributed by atoms with E-state index in [2.05, 4.69) is 0 Å². The number of hydrogen-bond acceptors (Lipinski definition) is 8. The van der Waals surface area contributed by atoms with Crippen molar-refractivity contribution in [1.29, 1.82) is 0 Å². The van der Waals surface area contributed by atoms with Gasteiger partial charge in [0.2, 0.25) is 0 Å². The van der Waals surface area contributed by atoms with Gasteiger partial charge in [0.05, 0.1) is 13.2 Å². The summed E-state index contributed by atoms with van der Waals surface area (Å²) in [5, 5.41) is 17.3. The van der Waals surface area contributed by atoms with Gasteiger partial charge in [-0.2, -0.15) is 0 Å². The Hall–Kier alpha value is -3.36. The van der Waals surface area contributed by atoms with Crippen LogP contribution in [-0.2, 0) is 28.5 Å². The molecule has 2 atom stereocenters. The molecule has 8 nitrogen and oxygen atoms in total. The molecule has 2 aliphatic rings. The summed E-state index contributed by atoms with van der Waals surface area (Å²) in [5.74, 6) is -0.504. The summed E-state index contributed by atoms with van der Waals surface area (Å²) in [5.41, 5.74) is 0. The molecule has 2 aromatic rings. The normalized spacial score (nSPS) is 18.1. The lowest BCUT2D eigenvalue weighted by Crippen LogP contribution is -2.10. The summed E-state index contributed by atoms with van der Waals surface area (Å²) >= 11 is 0. The average Bonchev–Trinajstić information content (AvgIpc) is 3.66. The fourth-order valence-electron chi connectivity index (χ4n) is 1.77. The maximum absolute atomic E-state index is 11.0. The number of aromatic hydroxyl groups is 2. The lowest BCUT2D eigenvalue weighted by molar-refractivity contribution is -0.140. The van der Waals surface area contributed by atoms with Crippen molar-refractivity contribution in [2.75, 3.05) is 26.4 Å². The molecule has 2 heterocycles. The summed E-state index contributed by atoms with van der Waals surface area (Å²) in [7, 11) is 0. The first-order chi connectivity index (χ1) is 14.5. The lowest BCUT2D eigenvalue weighted by Gasteiger charge is -1.98. The van der Waals surface area contributed by atoms with Gasteiger partial charge in [-0.3, -0.25) is 0 Å². The van der Waals surface area contributed by atoms with Gasteiger partial charge >= 0.3 is 11.9 Å². The summed E-state index contributed by atoms with van der Waals surface area (Å²) in [6.07, 6.45) is 2.13. The molecule has 2 N–H and O–H groups in total. The average molecular weight is 416 g/mol. The number of hydrogen-bond donors (Lipinski definition) is 2. The molecule has 2 aromatic carbocycles. The van der Waals surface area contributed by atoms with E-state index in [9.17, 15) is 9.59 Å². The second-order valence-corrected chi connectivity index (χ2v) is 6.18. The van der Waals surface area contributed by atoms with Crippen LogP contribution >= 0.6 is 0 Å². The highest BCUT2D eigenvalue weighted by Crippen LogP contribution is 2.09. The van der Waals surface area contributed by atoms with Crippen molar-refractivity contribution < 1.29 is 38.7 Å². The van der Waals surface area contributed by atoms with Crippen molar-refractivity contribution in [1.82, 2.24) is 0 Å². The monoisotopic (exact) mass is 416 g/mol. The number of ether oxygens (including phenoxy) is 4. The van der Waals surface area contributed by atoms with Crippen LogP contribution in [0.3, 0.4) is 0 Å². The topological polar surface area (TPSA) is 118 Å². The van der Waals surface area contributed by atoms with Crippen LogP contribution in [0, 0.1) is 0 Å². The Kier molecular flexibility index (Phi) is 9.91. The molecule has 8 heteroatoms. The number of para-hydroxylation sites is 2. The second-order valence-electron chi connectivity index (χ2n) is 6.18. The van der Waals surface area contributed by atoms with Gasteiger partial charge in [0.1, 0.15) is 36.9 Å². The smallest absolute Gasteiger partial charge is 0.331 e. The Bertz CT molecular complexity index is 716. The predicted molar refractivity (Wildman–Crippen MR) is 107 cm³/mol. The number of phenols is 2. The third-order valence-electron chi connectivity index (χ3n) is 3.50. The van der Waals surface area contributed by atoms with Crippen molar-refractivity contribution in [3.05, 3.63) is 72.8 Å². The van der Waals surface area contributed by atoms with Crippen LogP contribution in [0.25, 0.3) is 0 Å². The van der Waals surface area contributed by atoms with E-state index in [1.807, 2.05) is 12.1 Å². The van der Waals surface area contributed by atoms with Crippen LogP contribution in [0.5, 0.6) is 11.5 Å². The van der Waals surface area contributed by atoms with E-state index < -0.39 is 11.9 Å². The Morgan fingerprint density at radius 1 is 0.767 bits per heavy atom. The molecule has 0 radical (unpaired) electrons. The summed E-state index contributed by atoms with van der Waals surface area (Å²) in [6, 6.07) is 17.4. The standard InChI is InChI=1S/C10H12O6.2C6H6O/c11-9(15-5-7-3-13-7)1-2-10(12)16-6-8-4-14-8;2*7-6-4-2-1-3-5-6/h1-2,7-8H,3-6H2;2*1-5,7H/b2-1+;;. The molecule has 0 spiro atoms. The second kappa shape index (κ2) is 13.0. The fraction of sp³-hybridized carbons (Fsp3) is 0.273. The van der Waals surface area contributed by atoms with Crippen molar-refractivity contribution in [3.63, 3.8) is 0 Å². The Morgan fingerprint density at radius 2 is 1.10 bits per heavy atom. The van der Waals surface area contributed by atoms with Gasteiger partial charge < -0.3 is 29.2 Å². The van der Waals surface area contributed by atoms with E-state index >= 15 is 0 Å². The van der Waals surface area contributed by atoms with Crippen LogP contribution in [-0.4, -0.2) is 60.8 Å². The van der Waals surface area contributed by atoms with Crippen LogP contribution in [0.4, 0.5) is 0 Å². The molecule has 30 heavy (non-hydrogen) atoms. The summed E-state index contributed by atoms with van der Waals surface area (Å²) in [4.78, 5) is 22.1. The molecule has 2 aliphatic heterocycles. The highest BCUT2D eigenvalue weighted by molar-refractivity contribution is 5.91. The van der Waals surface area contributed by atoms with Gasteiger partial charge in [0.25, 0.3) is 0 Å². The van der Waals surface area contributed by atoms with E-state index in [1.165, 1.54) is 0 Å². The summed E-state index contributed by atoms with van der Waals surface area (Å²) in [6.45, 7) is 1.71. The van der Waals surface area contributed by atoms with Crippen LogP contribution in [0.15, 0.2) is 72.8 Å². The Balaban J connectivity index is 0.000000188. The van der Waals surface area contributed by atoms with E-state index in [0.717, 1.165) is 12.2 Å². The molecule has 0 amide bonds. The lowest BCUT2D eigenvalue weighted by atomic mass is 10.3. The highest BCUT2D eigenvalue weighted by Gasteiger charge is 2.24. The first-order valence-electron chi connectivity index (χ1n) is 9.25. The number of carbonyl (C=O) groups excluding carboxylic acids is 2. The quantitative estimate of drug-likeness (QED) is 0.418. The number of carbonyl (C=O) groups is 2. The van der Waals surface area contributed by atoms with E-state index in [1.54, 1.807) is 48.5 Å². The molecule has 0 aliphatic carbocycles. The van der Waals surface area contributed by atoms with Crippen LogP contribution < -0.4 is 0 Å². The van der Waals surface area contributed by atoms with E-state index in [-0.39, 0.29) is 25.4 Å². The number of phenolic OH excluding ortho intramolecular Hbond substituents is 2. The Labute approximate surface area is 174 Å². The van der Waals surface area contributed by atoms with Gasteiger partial charge in [-0.25, -0.2) is 9.59 Å². The molecular formula is C22H24O8. The van der Waals surface area contributed by atoms with Crippen molar-refractivity contribution in [2.45, 2.75) is 12.2 Å². The van der Waals surface area contributed by atoms with Crippen LogP contribution in [0.1, 0.15) is 0 Å². The highest BCUT2D eigenvalue weighted by atomic mass is 16.6. The van der Waals surface area contributed by atoms with Crippen molar-refractivity contribution in [3.8, 4) is 11.5 Å².